The molecule has 0 aromatic heterocycles. The molecule has 1 saturated heterocycles. The van der Waals surface area contributed by atoms with Crippen LogP contribution in [0.1, 0.15) is 20.8 Å². The van der Waals surface area contributed by atoms with Crippen molar-refractivity contribution >= 4 is 20.6 Å². The molecule has 66 valence electrons. The van der Waals surface area contributed by atoms with Crippen LogP contribution in [0.25, 0.3) is 0 Å². The Hall–Kier alpha value is 0.660. The van der Waals surface area contributed by atoms with Gasteiger partial charge < -0.3 is 0 Å². The van der Waals surface area contributed by atoms with Crippen LogP contribution in [0.3, 0.4) is 0 Å². The predicted octanol–water partition coefficient (Wildman–Crippen LogP) is 2.45. The van der Waals surface area contributed by atoms with Crippen molar-refractivity contribution in [2.45, 2.75) is 32.1 Å². The Labute approximate surface area is 73.4 Å². The fraction of sp³-hybridized carbons (Fsp3) is 1.00. The van der Waals surface area contributed by atoms with Gasteiger partial charge in [-0.25, -0.2) is 0 Å². The number of thiol groups is 1. The molecule has 0 spiro atoms. The van der Waals surface area contributed by atoms with Crippen molar-refractivity contribution in [3.8, 4) is 0 Å². The first kappa shape index (κ1) is 9.75. The molecule has 0 bridgehead atoms. The molecule has 0 aliphatic carbocycles. The lowest BCUT2D eigenvalue weighted by Crippen LogP contribution is -2.32. The maximum Gasteiger partial charge on any atom is 0.430 e. The quantitative estimate of drug-likeness (QED) is 0.556. The van der Waals surface area contributed by atoms with Gasteiger partial charge in [-0.1, -0.05) is 0 Å². The molecule has 0 aromatic carbocycles. The molecule has 0 radical (unpaired) electrons. The van der Waals surface area contributed by atoms with Gasteiger partial charge in [-0.05, 0) is 20.8 Å². The molecule has 1 unspecified atom stereocenters. The summed E-state index contributed by atoms with van der Waals surface area (Å²) in [6, 6.07) is 0. The molecule has 1 fully saturated rings. The maximum absolute atomic E-state index is 5.42. The van der Waals surface area contributed by atoms with E-state index in [-0.39, 0.29) is 11.3 Å². The Morgan fingerprint density at radius 2 is 2.18 bits per heavy atom. The van der Waals surface area contributed by atoms with Crippen molar-refractivity contribution < 1.29 is 13.6 Å². The summed E-state index contributed by atoms with van der Waals surface area (Å²) >= 11 is 4.26. The average Bonchev–Trinajstić information content (AvgIpc) is 1.84. The summed E-state index contributed by atoms with van der Waals surface area (Å²) in [4.78, 5) is 0.0404. The molecule has 5 heteroatoms. The van der Waals surface area contributed by atoms with Crippen LogP contribution in [-0.2, 0) is 13.6 Å². The summed E-state index contributed by atoms with van der Waals surface area (Å²) in [7, 11) is -2.03. The molecule has 0 saturated carbocycles. The minimum Gasteiger partial charge on any atom is -0.177 e. The van der Waals surface area contributed by atoms with E-state index >= 15 is 0 Å². The van der Waals surface area contributed by atoms with E-state index in [2.05, 4.69) is 12.6 Å². The number of hydrogen-bond acceptors (Lipinski definition) is 4. The van der Waals surface area contributed by atoms with Gasteiger partial charge in [0.05, 0.1) is 6.61 Å². The lowest BCUT2D eigenvalue weighted by molar-refractivity contribution is -0.104. The van der Waals surface area contributed by atoms with Crippen molar-refractivity contribution in [3.05, 3.63) is 0 Å². The van der Waals surface area contributed by atoms with E-state index in [9.17, 15) is 0 Å². The van der Waals surface area contributed by atoms with Crippen LogP contribution in [0.5, 0.6) is 0 Å². The van der Waals surface area contributed by atoms with E-state index < -0.39 is 7.94 Å². The van der Waals surface area contributed by atoms with Crippen molar-refractivity contribution in [3.63, 3.8) is 0 Å². The maximum atomic E-state index is 5.42. The first-order chi connectivity index (χ1) is 5.10. The first-order valence-electron chi connectivity index (χ1n) is 3.69. The van der Waals surface area contributed by atoms with Crippen LogP contribution < -0.4 is 0 Å². The van der Waals surface area contributed by atoms with Gasteiger partial charge in [0, 0.05) is 0 Å². The van der Waals surface area contributed by atoms with Gasteiger partial charge >= 0.3 is 7.94 Å². The van der Waals surface area contributed by atoms with E-state index in [1.54, 1.807) is 0 Å². The van der Waals surface area contributed by atoms with Gasteiger partial charge in [0.25, 0.3) is 6.29 Å². The SMILES string of the molecule is CCO[P+]1(C(C)S)OC(C)O1. The molecule has 1 rings (SSSR count). The molecule has 0 N–H and O–H groups in total. The second-order valence-corrected chi connectivity index (χ2v) is 6.08. The Morgan fingerprint density at radius 3 is 2.45 bits per heavy atom. The van der Waals surface area contributed by atoms with Gasteiger partial charge in [-0.15, -0.1) is 21.7 Å². The zero-order valence-electron chi connectivity index (χ0n) is 6.98. The van der Waals surface area contributed by atoms with Gasteiger partial charge in [0.2, 0.25) is 0 Å². The zero-order chi connectivity index (χ0) is 8.48. The molecule has 1 heterocycles. The van der Waals surface area contributed by atoms with Crippen molar-refractivity contribution in [2.24, 2.45) is 0 Å². The van der Waals surface area contributed by atoms with Crippen LogP contribution in [0.2, 0.25) is 0 Å². The average molecular weight is 197 g/mol. The Kier molecular flexibility index (Phi) is 3.18. The smallest absolute Gasteiger partial charge is 0.177 e. The molecule has 1 aliphatic rings. The molecule has 11 heavy (non-hydrogen) atoms. The summed E-state index contributed by atoms with van der Waals surface area (Å²) < 4.78 is 16.2. The van der Waals surface area contributed by atoms with E-state index in [0.29, 0.717) is 6.61 Å². The largest absolute Gasteiger partial charge is 0.430 e. The monoisotopic (exact) mass is 197 g/mol. The second kappa shape index (κ2) is 3.58. The highest BCUT2D eigenvalue weighted by molar-refractivity contribution is 7.91. The highest BCUT2D eigenvalue weighted by Gasteiger charge is 2.61. The van der Waals surface area contributed by atoms with Crippen molar-refractivity contribution in [1.29, 1.82) is 0 Å². The van der Waals surface area contributed by atoms with Crippen LogP contribution in [0.15, 0.2) is 0 Å². The summed E-state index contributed by atoms with van der Waals surface area (Å²) in [5.41, 5.74) is 0. The molecule has 0 amide bonds. The number of rotatable bonds is 3. The van der Waals surface area contributed by atoms with Crippen LogP contribution in [0.4, 0.5) is 0 Å². The third-order valence-corrected chi connectivity index (χ3v) is 4.92. The fourth-order valence-electron chi connectivity index (χ4n) is 0.947. The summed E-state index contributed by atoms with van der Waals surface area (Å²) in [5, 5.41) is 0. The Balaban J connectivity index is 2.46. The topological polar surface area (TPSA) is 27.7 Å². The molecule has 1 atom stereocenters. The van der Waals surface area contributed by atoms with E-state index in [1.807, 2.05) is 20.8 Å². The summed E-state index contributed by atoms with van der Waals surface area (Å²) in [6.45, 7) is 6.32. The van der Waals surface area contributed by atoms with Crippen LogP contribution in [-0.4, -0.2) is 17.9 Å². The van der Waals surface area contributed by atoms with Gasteiger partial charge in [-0.2, -0.15) is 4.52 Å². The van der Waals surface area contributed by atoms with Gasteiger partial charge in [0.1, 0.15) is 0 Å². The van der Waals surface area contributed by atoms with E-state index in [1.165, 1.54) is 0 Å². The number of hydrogen-bond donors (Lipinski definition) is 1. The standard InChI is InChI=1S/C6H13O3PS/c1-4-7-10(6(3)11)8-5(2)9-10/h5-6H,4H2,1-3H3/p+1. The minimum atomic E-state index is -2.03. The summed E-state index contributed by atoms with van der Waals surface area (Å²) in [6.07, 6.45) is -0.121. The lowest BCUT2D eigenvalue weighted by Gasteiger charge is -2.34. The van der Waals surface area contributed by atoms with Gasteiger partial charge in [0.15, 0.2) is 4.99 Å². The third kappa shape index (κ3) is 1.87. The van der Waals surface area contributed by atoms with Crippen molar-refractivity contribution in [2.75, 3.05) is 6.61 Å². The first-order valence-corrected chi connectivity index (χ1v) is 5.81. The Bertz CT molecular complexity index is 130. The summed E-state index contributed by atoms with van der Waals surface area (Å²) in [5.74, 6) is 0. The molecule has 1 aliphatic heterocycles. The molecular formula is C6H14O3PS+. The van der Waals surface area contributed by atoms with Crippen molar-refractivity contribution in [1.82, 2.24) is 0 Å². The zero-order valence-corrected chi connectivity index (χ0v) is 8.77. The second-order valence-electron chi connectivity index (χ2n) is 2.37. The molecule has 3 nitrogen and oxygen atoms in total. The third-order valence-electron chi connectivity index (χ3n) is 1.36. The highest BCUT2D eigenvalue weighted by atomic mass is 32.1. The van der Waals surface area contributed by atoms with Gasteiger partial charge in [-0.3, -0.25) is 0 Å². The fourth-order valence-corrected chi connectivity index (χ4v) is 3.37. The van der Waals surface area contributed by atoms with E-state index in [0.717, 1.165) is 0 Å². The highest BCUT2D eigenvalue weighted by Crippen LogP contribution is 2.75. The lowest BCUT2D eigenvalue weighted by atomic mass is 10.8. The molecular weight excluding hydrogens is 183 g/mol. The minimum absolute atomic E-state index is 0.0404. The van der Waals surface area contributed by atoms with E-state index in [4.69, 9.17) is 13.6 Å². The normalized spacial score (nSPS) is 39.8. The molecule has 0 aromatic rings. The predicted molar refractivity (Wildman–Crippen MR) is 48.6 cm³/mol. The van der Waals surface area contributed by atoms with Crippen LogP contribution >= 0.6 is 20.6 Å². The Morgan fingerprint density at radius 1 is 1.64 bits per heavy atom. The van der Waals surface area contributed by atoms with Crippen LogP contribution in [0, 0.1) is 0 Å².